The summed E-state index contributed by atoms with van der Waals surface area (Å²) >= 11 is 0. The number of carbonyl (C=O) groups is 1. The molecule has 0 unspecified atom stereocenters. The first-order chi connectivity index (χ1) is 14.4. The van der Waals surface area contributed by atoms with E-state index in [1.807, 2.05) is 13.0 Å². The van der Waals surface area contributed by atoms with Gasteiger partial charge in [-0.25, -0.2) is 4.79 Å². The summed E-state index contributed by atoms with van der Waals surface area (Å²) in [6.07, 6.45) is 17.2. The van der Waals surface area contributed by atoms with Gasteiger partial charge in [-0.3, -0.25) is 4.90 Å². The first kappa shape index (κ1) is 24.6. The molecule has 0 atom stereocenters. The number of hydrogen-bond donors (Lipinski definition) is 1. The Bertz CT molecular complexity index is 647. The number of hydrogen-bond acceptors (Lipinski definition) is 3. The van der Waals surface area contributed by atoms with Crippen LogP contribution in [-0.4, -0.2) is 46.2 Å². The zero-order chi connectivity index (χ0) is 22.0. The van der Waals surface area contributed by atoms with Gasteiger partial charge in [-0.15, -0.1) is 0 Å². The Labute approximate surface area is 184 Å². The molecule has 2 heterocycles. The van der Waals surface area contributed by atoms with Crippen LogP contribution in [0.2, 0.25) is 0 Å². The lowest BCUT2D eigenvalue weighted by Gasteiger charge is -2.31. The molecule has 0 aromatic carbocycles. The highest BCUT2D eigenvalue weighted by atomic mass is 16.4. The molecule has 0 aromatic rings. The summed E-state index contributed by atoms with van der Waals surface area (Å²) in [4.78, 5) is 14.1. The van der Waals surface area contributed by atoms with Crippen LogP contribution in [0, 0.1) is 0 Å². The van der Waals surface area contributed by atoms with Crippen LogP contribution < -0.4 is 0 Å². The molecule has 0 saturated heterocycles. The van der Waals surface area contributed by atoms with Gasteiger partial charge in [-0.2, -0.15) is 4.59 Å². The van der Waals surface area contributed by atoms with Crippen LogP contribution in [0.15, 0.2) is 28.0 Å². The van der Waals surface area contributed by atoms with E-state index in [2.05, 4.69) is 25.7 Å². The lowest BCUT2D eigenvalue weighted by Crippen LogP contribution is -2.46. The SMILES string of the molecule is CCCCCCCC[N+]1(CCCCCCCC)CN2C(C)=CC(C)=C(C(=O)O)C2=N1. The van der Waals surface area contributed by atoms with Gasteiger partial charge in [0.25, 0.3) is 0 Å². The van der Waals surface area contributed by atoms with E-state index < -0.39 is 5.97 Å². The van der Waals surface area contributed by atoms with Gasteiger partial charge < -0.3 is 5.11 Å². The molecule has 0 bridgehead atoms. The average molecular weight is 419 g/mol. The number of unbranched alkanes of at least 4 members (excludes halogenated alkanes) is 10. The Morgan fingerprint density at radius 3 is 1.93 bits per heavy atom. The zero-order valence-corrected chi connectivity index (χ0v) is 19.9. The molecule has 2 aliphatic rings. The normalized spacial score (nSPS) is 17.8. The summed E-state index contributed by atoms with van der Waals surface area (Å²) in [5, 5.41) is 14.9. The van der Waals surface area contributed by atoms with Crippen LogP contribution in [0.5, 0.6) is 0 Å². The molecule has 2 aliphatic heterocycles. The number of carboxylic acids is 1. The van der Waals surface area contributed by atoms with Crippen LogP contribution in [0.3, 0.4) is 0 Å². The van der Waals surface area contributed by atoms with E-state index in [1.165, 1.54) is 64.2 Å². The number of aliphatic carboxylic acids is 1. The summed E-state index contributed by atoms with van der Waals surface area (Å²) in [6, 6.07) is 0. The average Bonchev–Trinajstić information content (AvgIpc) is 3.07. The third-order valence-electron chi connectivity index (χ3n) is 6.51. The maximum absolute atomic E-state index is 11.9. The van der Waals surface area contributed by atoms with Gasteiger partial charge in [0.05, 0.1) is 0 Å². The number of amidine groups is 1. The summed E-state index contributed by atoms with van der Waals surface area (Å²) in [6.45, 7) is 11.3. The molecule has 0 spiro atoms. The van der Waals surface area contributed by atoms with Crippen molar-refractivity contribution in [1.82, 2.24) is 4.90 Å². The highest BCUT2D eigenvalue weighted by Crippen LogP contribution is 2.32. The van der Waals surface area contributed by atoms with Crippen molar-refractivity contribution in [2.75, 3.05) is 19.8 Å². The minimum absolute atomic E-state index is 0.381. The van der Waals surface area contributed by atoms with Gasteiger partial charge in [-0.05, 0) is 51.2 Å². The van der Waals surface area contributed by atoms with E-state index in [0.717, 1.165) is 43.9 Å². The van der Waals surface area contributed by atoms with Crippen LogP contribution in [0.1, 0.15) is 105 Å². The van der Waals surface area contributed by atoms with Gasteiger partial charge in [0.1, 0.15) is 18.7 Å². The van der Waals surface area contributed by atoms with Crippen molar-refractivity contribution in [3.63, 3.8) is 0 Å². The van der Waals surface area contributed by atoms with Crippen molar-refractivity contribution in [2.45, 2.75) is 105 Å². The quantitative estimate of drug-likeness (QED) is 0.246. The molecule has 0 fully saturated rings. The number of quaternary nitrogens is 1. The minimum atomic E-state index is -0.862. The van der Waals surface area contributed by atoms with E-state index >= 15 is 0 Å². The van der Waals surface area contributed by atoms with Gasteiger partial charge in [0.15, 0.2) is 6.67 Å². The number of rotatable bonds is 15. The second kappa shape index (κ2) is 12.3. The molecule has 2 rings (SSSR count). The van der Waals surface area contributed by atoms with Gasteiger partial charge in [0.2, 0.25) is 5.84 Å². The highest BCUT2D eigenvalue weighted by molar-refractivity contribution is 6.20. The molecular weight excluding hydrogens is 374 g/mol. The Balaban J connectivity index is 2.09. The minimum Gasteiger partial charge on any atom is -0.478 e. The predicted octanol–water partition coefficient (Wildman–Crippen LogP) is 6.43. The molecule has 1 N–H and O–H groups in total. The van der Waals surface area contributed by atoms with E-state index in [4.69, 9.17) is 5.10 Å². The third-order valence-corrected chi connectivity index (χ3v) is 6.51. The molecule has 0 aromatic heterocycles. The monoisotopic (exact) mass is 418 g/mol. The number of fused-ring (bicyclic) bond motifs is 1. The van der Waals surface area contributed by atoms with Crippen LogP contribution >= 0.6 is 0 Å². The molecule has 5 heteroatoms. The largest absolute Gasteiger partial charge is 0.478 e. The fourth-order valence-corrected chi connectivity index (χ4v) is 4.71. The summed E-state index contributed by atoms with van der Waals surface area (Å²) in [5.41, 5.74) is 2.31. The molecule has 0 saturated carbocycles. The molecule has 170 valence electrons. The lowest BCUT2D eigenvalue weighted by molar-refractivity contribution is -0.935. The predicted molar refractivity (Wildman–Crippen MR) is 125 cm³/mol. The van der Waals surface area contributed by atoms with Crippen molar-refractivity contribution in [3.05, 3.63) is 22.9 Å². The topological polar surface area (TPSA) is 52.9 Å². The van der Waals surface area contributed by atoms with E-state index in [0.29, 0.717) is 16.0 Å². The van der Waals surface area contributed by atoms with Crippen molar-refractivity contribution >= 4 is 11.8 Å². The highest BCUT2D eigenvalue weighted by Gasteiger charge is 2.44. The van der Waals surface area contributed by atoms with Gasteiger partial charge >= 0.3 is 5.97 Å². The lowest BCUT2D eigenvalue weighted by atomic mass is 10.0. The molecule has 0 radical (unpaired) electrons. The second-order valence-electron chi connectivity index (χ2n) is 9.22. The summed E-state index contributed by atoms with van der Waals surface area (Å²) in [7, 11) is 0. The van der Waals surface area contributed by atoms with Crippen molar-refractivity contribution in [2.24, 2.45) is 5.10 Å². The number of nitrogens with zero attached hydrogens (tertiary/aromatic N) is 3. The smallest absolute Gasteiger partial charge is 0.339 e. The van der Waals surface area contributed by atoms with E-state index in [-0.39, 0.29) is 0 Å². The fourth-order valence-electron chi connectivity index (χ4n) is 4.71. The third kappa shape index (κ3) is 6.69. The molecule has 0 aliphatic carbocycles. The first-order valence-corrected chi connectivity index (χ1v) is 12.3. The van der Waals surface area contributed by atoms with Gasteiger partial charge in [0, 0.05) is 5.70 Å². The van der Waals surface area contributed by atoms with E-state index in [9.17, 15) is 9.90 Å². The Hall–Kier alpha value is -1.62. The van der Waals surface area contributed by atoms with Crippen LogP contribution in [0.25, 0.3) is 0 Å². The first-order valence-electron chi connectivity index (χ1n) is 12.3. The molecule has 5 nitrogen and oxygen atoms in total. The molecular formula is C25H44N3O2+. The Kier molecular flexibility index (Phi) is 10.1. The number of allylic oxidation sites excluding steroid dienone is 3. The van der Waals surface area contributed by atoms with Crippen molar-refractivity contribution < 1.29 is 14.5 Å². The summed E-state index contributed by atoms with van der Waals surface area (Å²) < 4.78 is 0.673. The Morgan fingerprint density at radius 1 is 0.933 bits per heavy atom. The maximum Gasteiger partial charge on any atom is 0.339 e. The van der Waals surface area contributed by atoms with Gasteiger partial charge in [-0.1, -0.05) is 70.3 Å². The van der Waals surface area contributed by atoms with Crippen LogP contribution in [0.4, 0.5) is 0 Å². The zero-order valence-electron chi connectivity index (χ0n) is 19.9. The number of carboxylic acid groups (broad SMARTS) is 1. The standard InChI is InChI=1S/C25H43N3O2/c1-5-7-9-11-13-15-17-28(18-16-14-12-10-8-6-2)20-27-22(4)19-21(3)23(25(29)30)24(27)26-28/h19H,5-18,20H2,1-4H3/p+1. The fraction of sp³-hybridized carbons (Fsp3) is 0.760. The molecule has 30 heavy (non-hydrogen) atoms. The van der Waals surface area contributed by atoms with Crippen LogP contribution in [-0.2, 0) is 4.79 Å². The Morgan fingerprint density at radius 2 is 1.43 bits per heavy atom. The maximum atomic E-state index is 11.9. The summed E-state index contributed by atoms with van der Waals surface area (Å²) in [5.74, 6) is -0.184. The van der Waals surface area contributed by atoms with Crippen molar-refractivity contribution in [1.29, 1.82) is 0 Å². The van der Waals surface area contributed by atoms with E-state index in [1.54, 1.807) is 0 Å². The second-order valence-corrected chi connectivity index (χ2v) is 9.22. The van der Waals surface area contributed by atoms with Crippen molar-refractivity contribution in [3.8, 4) is 0 Å². The molecule has 0 amide bonds.